The molecule has 17 heavy (non-hydrogen) atoms. The molecule has 1 N–H and O–H groups in total. The van der Waals surface area contributed by atoms with Gasteiger partial charge in [-0.05, 0) is 30.5 Å². The van der Waals surface area contributed by atoms with Gasteiger partial charge in [-0.3, -0.25) is 0 Å². The number of nitrogens with one attached hydrogen (secondary N) is 1. The standard InChI is InChI=1S/C14H17N3/c1-17-13-6-10(11-7-15-8-11)4-5-12(13)16-14(17)9-2-3-9/h4-6,9,11,15H,2-3,7-8H2,1H3. The van der Waals surface area contributed by atoms with Gasteiger partial charge in [0.15, 0.2) is 0 Å². The second-order valence-electron chi connectivity index (χ2n) is 5.41. The highest BCUT2D eigenvalue weighted by Gasteiger charge is 2.29. The molecule has 1 aromatic carbocycles. The maximum absolute atomic E-state index is 4.77. The Morgan fingerprint density at radius 3 is 2.71 bits per heavy atom. The third-order valence-electron chi connectivity index (χ3n) is 4.13. The molecule has 0 spiro atoms. The lowest BCUT2D eigenvalue weighted by atomic mass is 9.93. The van der Waals surface area contributed by atoms with Crippen molar-refractivity contribution in [1.29, 1.82) is 0 Å². The van der Waals surface area contributed by atoms with Gasteiger partial charge >= 0.3 is 0 Å². The molecule has 4 rings (SSSR count). The Hall–Kier alpha value is -1.35. The number of aryl methyl sites for hydroxylation is 1. The highest BCUT2D eigenvalue weighted by atomic mass is 15.1. The van der Waals surface area contributed by atoms with Crippen molar-refractivity contribution >= 4 is 11.0 Å². The molecule has 3 heteroatoms. The van der Waals surface area contributed by atoms with Gasteiger partial charge in [0.2, 0.25) is 0 Å². The van der Waals surface area contributed by atoms with Crippen LogP contribution in [0.3, 0.4) is 0 Å². The van der Waals surface area contributed by atoms with E-state index in [1.165, 1.54) is 29.7 Å². The van der Waals surface area contributed by atoms with Crippen LogP contribution in [0.15, 0.2) is 18.2 Å². The fraction of sp³-hybridized carbons (Fsp3) is 0.500. The van der Waals surface area contributed by atoms with Gasteiger partial charge < -0.3 is 9.88 Å². The fourth-order valence-electron chi connectivity index (χ4n) is 2.71. The number of rotatable bonds is 2. The lowest BCUT2D eigenvalue weighted by Gasteiger charge is -2.27. The summed E-state index contributed by atoms with van der Waals surface area (Å²) in [6, 6.07) is 6.77. The van der Waals surface area contributed by atoms with Crippen molar-refractivity contribution in [2.45, 2.75) is 24.7 Å². The van der Waals surface area contributed by atoms with E-state index in [1.54, 1.807) is 0 Å². The minimum absolute atomic E-state index is 0.707. The summed E-state index contributed by atoms with van der Waals surface area (Å²) >= 11 is 0. The quantitative estimate of drug-likeness (QED) is 0.852. The van der Waals surface area contributed by atoms with E-state index < -0.39 is 0 Å². The largest absolute Gasteiger partial charge is 0.331 e. The van der Waals surface area contributed by atoms with E-state index in [9.17, 15) is 0 Å². The van der Waals surface area contributed by atoms with Crippen molar-refractivity contribution in [2.24, 2.45) is 7.05 Å². The van der Waals surface area contributed by atoms with Gasteiger partial charge in [0.05, 0.1) is 11.0 Å². The van der Waals surface area contributed by atoms with Crippen LogP contribution in [0.25, 0.3) is 11.0 Å². The van der Waals surface area contributed by atoms with E-state index in [2.05, 4.69) is 35.1 Å². The highest BCUT2D eigenvalue weighted by molar-refractivity contribution is 5.77. The summed E-state index contributed by atoms with van der Waals surface area (Å²) in [6.45, 7) is 2.25. The van der Waals surface area contributed by atoms with Gasteiger partial charge in [0.25, 0.3) is 0 Å². The average molecular weight is 227 g/mol. The first-order valence-corrected chi connectivity index (χ1v) is 6.50. The van der Waals surface area contributed by atoms with Crippen LogP contribution in [0, 0.1) is 0 Å². The number of fused-ring (bicyclic) bond motifs is 1. The molecule has 88 valence electrons. The van der Waals surface area contributed by atoms with E-state index >= 15 is 0 Å². The summed E-state index contributed by atoms with van der Waals surface area (Å²) in [7, 11) is 2.16. The molecule has 0 bridgehead atoms. The topological polar surface area (TPSA) is 29.9 Å². The first kappa shape index (κ1) is 9.66. The van der Waals surface area contributed by atoms with Crippen molar-refractivity contribution in [3.8, 4) is 0 Å². The summed E-state index contributed by atoms with van der Waals surface area (Å²) in [5, 5.41) is 3.33. The smallest absolute Gasteiger partial charge is 0.112 e. The van der Waals surface area contributed by atoms with Crippen LogP contribution < -0.4 is 5.32 Å². The van der Waals surface area contributed by atoms with Crippen LogP contribution in [0.4, 0.5) is 0 Å². The maximum atomic E-state index is 4.77. The molecule has 0 amide bonds. The number of hydrogen-bond donors (Lipinski definition) is 1. The molecule has 0 unspecified atom stereocenters. The van der Waals surface area contributed by atoms with Gasteiger partial charge in [0, 0.05) is 32.0 Å². The summed E-state index contributed by atoms with van der Waals surface area (Å²) in [6.07, 6.45) is 2.63. The Balaban J connectivity index is 1.84. The van der Waals surface area contributed by atoms with Crippen molar-refractivity contribution < 1.29 is 0 Å². The summed E-state index contributed by atoms with van der Waals surface area (Å²) in [5.41, 5.74) is 3.92. The molecule has 2 aromatic rings. The van der Waals surface area contributed by atoms with Crippen LogP contribution in [-0.4, -0.2) is 22.6 Å². The third kappa shape index (κ3) is 1.42. The predicted molar refractivity (Wildman–Crippen MR) is 68.3 cm³/mol. The number of imidazole rings is 1. The highest BCUT2D eigenvalue weighted by Crippen LogP contribution is 2.40. The Morgan fingerprint density at radius 2 is 2.06 bits per heavy atom. The molecule has 1 aliphatic heterocycles. The van der Waals surface area contributed by atoms with Crippen LogP contribution >= 0.6 is 0 Å². The molecule has 2 fully saturated rings. The normalized spacial score (nSPS) is 20.8. The number of hydrogen-bond acceptors (Lipinski definition) is 2. The summed E-state index contributed by atoms with van der Waals surface area (Å²) in [5.74, 6) is 2.71. The molecule has 1 aromatic heterocycles. The molecule has 0 radical (unpaired) electrons. The molecular weight excluding hydrogens is 210 g/mol. The Kier molecular flexibility index (Phi) is 1.89. The number of nitrogens with zero attached hydrogens (tertiary/aromatic N) is 2. The van der Waals surface area contributed by atoms with Crippen molar-refractivity contribution in [3.63, 3.8) is 0 Å². The number of benzene rings is 1. The average Bonchev–Trinajstić information content (AvgIpc) is 3.04. The lowest BCUT2D eigenvalue weighted by Crippen LogP contribution is -2.39. The first-order chi connectivity index (χ1) is 8.33. The molecular formula is C14H17N3. The van der Waals surface area contributed by atoms with Crippen molar-refractivity contribution in [1.82, 2.24) is 14.9 Å². The second-order valence-corrected chi connectivity index (χ2v) is 5.41. The summed E-state index contributed by atoms with van der Waals surface area (Å²) < 4.78 is 2.29. The van der Waals surface area contributed by atoms with Crippen molar-refractivity contribution in [2.75, 3.05) is 13.1 Å². The second kappa shape index (κ2) is 3.33. The Labute approximate surface area is 101 Å². The predicted octanol–water partition coefficient (Wildman–Crippen LogP) is 2.14. The SMILES string of the molecule is Cn1c(C2CC2)nc2ccc(C3CNC3)cc21. The zero-order valence-electron chi connectivity index (χ0n) is 10.1. The van der Waals surface area contributed by atoms with Gasteiger partial charge in [-0.2, -0.15) is 0 Å². The van der Waals surface area contributed by atoms with Gasteiger partial charge in [-0.15, -0.1) is 0 Å². The molecule has 3 nitrogen and oxygen atoms in total. The van der Waals surface area contributed by atoms with Gasteiger partial charge in [0.1, 0.15) is 5.82 Å². The molecule has 1 saturated carbocycles. The molecule has 1 saturated heterocycles. The van der Waals surface area contributed by atoms with Gasteiger partial charge in [-0.25, -0.2) is 4.98 Å². The zero-order valence-corrected chi connectivity index (χ0v) is 10.1. The molecule has 0 atom stereocenters. The first-order valence-electron chi connectivity index (χ1n) is 6.50. The van der Waals surface area contributed by atoms with Crippen LogP contribution in [-0.2, 0) is 7.05 Å². The van der Waals surface area contributed by atoms with Crippen LogP contribution in [0.1, 0.15) is 36.1 Å². The fourth-order valence-corrected chi connectivity index (χ4v) is 2.71. The zero-order chi connectivity index (χ0) is 11.4. The third-order valence-corrected chi connectivity index (χ3v) is 4.13. The molecule has 1 aliphatic carbocycles. The van der Waals surface area contributed by atoms with E-state index in [-0.39, 0.29) is 0 Å². The Bertz CT molecular complexity index is 576. The van der Waals surface area contributed by atoms with Crippen LogP contribution in [0.2, 0.25) is 0 Å². The molecule has 2 heterocycles. The van der Waals surface area contributed by atoms with E-state index in [1.807, 2.05) is 0 Å². The minimum atomic E-state index is 0.707. The summed E-state index contributed by atoms with van der Waals surface area (Å²) in [4.78, 5) is 4.77. The monoisotopic (exact) mass is 227 g/mol. The van der Waals surface area contributed by atoms with E-state index in [4.69, 9.17) is 4.98 Å². The van der Waals surface area contributed by atoms with E-state index in [0.29, 0.717) is 5.92 Å². The number of aromatic nitrogens is 2. The minimum Gasteiger partial charge on any atom is -0.331 e. The van der Waals surface area contributed by atoms with Gasteiger partial charge in [-0.1, -0.05) is 6.07 Å². The van der Waals surface area contributed by atoms with Crippen LogP contribution in [0.5, 0.6) is 0 Å². The lowest BCUT2D eigenvalue weighted by molar-refractivity contribution is 0.448. The Morgan fingerprint density at radius 1 is 1.24 bits per heavy atom. The molecule has 2 aliphatic rings. The maximum Gasteiger partial charge on any atom is 0.112 e. The van der Waals surface area contributed by atoms with E-state index in [0.717, 1.165) is 24.5 Å². The van der Waals surface area contributed by atoms with Crippen molar-refractivity contribution in [3.05, 3.63) is 29.6 Å².